The molecular weight excluding hydrogens is 863 g/mol. The van der Waals surface area contributed by atoms with Crippen LogP contribution in [0.1, 0.15) is 27.6 Å². The van der Waals surface area contributed by atoms with Crippen molar-refractivity contribution in [3.63, 3.8) is 0 Å². The highest BCUT2D eigenvalue weighted by molar-refractivity contribution is 14.1. The van der Waals surface area contributed by atoms with E-state index in [0.29, 0.717) is 0 Å². The zero-order valence-electron chi connectivity index (χ0n) is 20.8. The average molecular weight is 895 g/mol. The number of hydrogen-bond acceptors (Lipinski definition) is 11. The highest BCUT2D eigenvalue weighted by atomic mass is 127. The summed E-state index contributed by atoms with van der Waals surface area (Å²) in [5, 5.41) is 71.4. The lowest BCUT2D eigenvalue weighted by molar-refractivity contribution is -0.117. The molecule has 3 amide bonds. The van der Waals surface area contributed by atoms with E-state index >= 15 is 0 Å². The summed E-state index contributed by atoms with van der Waals surface area (Å²) in [6, 6.07) is 0. The molecule has 222 valence electrons. The molecule has 0 saturated heterocycles. The monoisotopic (exact) mass is 895 g/mol. The van der Waals surface area contributed by atoms with Crippen LogP contribution in [0.25, 0.3) is 0 Å². The van der Waals surface area contributed by atoms with Crippen molar-refractivity contribution in [3.8, 4) is 0 Å². The molecule has 0 aliphatic carbocycles. The lowest BCUT2D eigenvalue weighted by atomic mass is 10.1. The molecule has 0 spiro atoms. The van der Waals surface area contributed by atoms with Gasteiger partial charge >= 0.3 is 0 Å². The van der Waals surface area contributed by atoms with E-state index < -0.39 is 62.0 Å². The summed E-state index contributed by atoms with van der Waals surface area (Å²) in [5.41, 5.74) is 0.123. The predicted octanol–water partition coefficient (Wildman–Crippen LogP) is -2.25. The topological polar surface area (TPSA) is 229 Å². The van der Waals surface area contributed by atoms with Gasteiger partial charge in [0.25, 0.3) is 11.8 Å². The number of nitrogens with zero attached hydrogens (tertiary/aromatic N) is 1. The highest BCUT2D eigenvalue weighted by Crippen LogP contribution is 2.38. The molecule has 14 nitrogen and oxygen atoms in total. The summed E-state index contributed by atoms with van der Waals surface area (Å²) in [4.78, 5) is 40.1. The van der Waals surface area contributed by atoms with Crippen molar-refractivity contribution in [2.24, 2.45) is 0 Å². The molecular formula is C22H32I3N3O11. The largest absolute Gasteiger partial charge is 0.394 e. The number of halogens is 3. The summed E-state index contributed by atoms with van der Waals surface area (Å²) >= 11 is 5.46. The molecule has 0 saturated carbocycles. The van der Waals surface area contributed by atoms with E-state index in [9.17, 15) is 39.9 Å². The zero-order chi connectivity index (χ0) is 29.9. The van der Waals surface area contributed by atoms with Gasteiger partial charge in [-0.05, 0) is 67.8 Å². The molecule has 39 heavy (non-hydrogen) atoms. The molecule has 1 rings (SSSR count). The highest BCUT2D eigenvalue weighted by Gasteiger charge is 2.32. The summed E-state index contributed by atoms with van der Waals surface area (Å²) in [6.07, 6.45) is -4.83. The molecule has 0 aliphatic heterocycles. The van der Waals surface area contributed by atoms with E-state index in [1.807, 2.05) is 45.2 Å². The minimum absolute atomic E-state index is 0.00600. The molecule has 0 bridgehead atoms. The van der Waals surface area contributed by atoms with E-state index in [0.717, 1.165) is 4.90 Å². The second kappa shape index (κ2) is 18.1. The van der Waals surface area contributed by atoms with Gasteiger partial charge in [0, 0.05) is 23.6 Å². The van der Waals surface area contributed by atoms with Gasteiger partial charge in [-0.2, -0.15) is 0 Å². The van der Waals surface area contributed by atoms with Crippen molar-refractivity contribution < 1.29 is 54.9 Å². The number of ether oxygens (including phenoxy) is 1. The number of aliphatic hydroxyl groups is 7. The second-order valence-corrected chi connectivity index (χ2v) is 11.5. The number of rotatable bonds is 16. The third-order valence-corrected chi connectivity index (χ3v) is 8.22. The van der Waals surface area contributed by atoms with Gasteiger partial charge in [0.15, 0.2) is 0 Å². The summed E-state index contributed by atoms with van der Waals surface area (Å²) in [6.45, 7) is -1.90. The number of carbonyl (C=O) groups is 3. The Hall–Kier alpha value is -0.500. The fourth-order valence-corrected chi connectivity index (χ4v) is 7.77. The smallest absolute Gasteiger partial charge is 0.253 e. The Morgan fingerprint density at radius 3 is 1.62 bits per heavy atom. The second-order valence-electron chi connectivity index (χ2n) is 8.29. The molecule has 0 aromatic heterocycles. The lowest BCUT2D eigenvalue weighted by Gasteiger charge is -2.28. The minimum Gasteiger partial charge on any atom is -0.394 e. The van der Waals surface area contributed by atoms with E-state index in [1.54, 1.807) is 22.6 Å². The van der Waals surface area contributed by atoms with Crippen molar-refractivity contribution in [1.29, 1.82) is 0 Å². The molecule has 4 unspecified atom stereocenters. The van der Waals surface area contributed by atoms with E-state index in [4.69, 9.17) is 14.9 Å². The number of carbonyl (C=O) groups excluding carboxylic acids is 3. The molecule has 0 aliphatic rings. The van der Waals surface area contributed by atoms with Gasteiger partial charge < -0.3 is 56.0 Å². The summed E-state index contributed by atoms with van der Waals surface area (Å²) in [5.74, 6) is -1.94. The third kappa shape index (κ3) is 11.0. The zero-order valence-corrected chi connectivity index (χ0v) is 27.3. The van der Waals surface area contributed by atoms with Crippen LogP contribution in [-0.4, -0.2) is 131 Å². The molecule has 0 fully saturated rings. The van der Waals surface area contributed by atoms with Crippen LogP contribution in [0.15, 0.2) is 0 Å². The Balaban J connectivity index is 3.48. The van der Waals surface area contributed by atoms with Crippen LogP contribution in [-0.2, 0) is 9.53 Å². The fraction of sp³-hybridized carbons (Fsp3) is 0.591. The quantitative estimate of drug-likeness (QED) is 0.0806. The normalized spacial score (nSPS) is 14.3. The molecule has 0 radical (unpaired) electrons. The first kappa shape index (κ1) is 36.5. The summed E-state index contributed by atoms with van der Waals surface area (Å²) < 4.78 is 5.79. The minimum atomic E-state index is -1.31. The molecule has 9 N–H and O–H groups in total. The van der Waals surface area contributed by atoms with E-state index in [1.165, 1.54) is 6.92 Å². The number of nitrogens with one attached hydrogen (secondary N) is 2. The van der Waals surface area contributed by atoms with Gasteiger partial charge in [-0.15, -0.1) is 0 Å². The number of benzene rings is 1. The predicted molar refractivity (Wildman–Crippen MR) is 163 cm³/mol. The fourth-order valence-electron chi connectivity index (χ4n) is 3.05. The molecule has 4 atom stereocenters. The van der Waals surface area contributed by atoms with Gasteiger partial charge in [-0.1, -0.05) is 0 Å². The van der Waals surface area contributed by atoms with Crippen LogP contribution in [0, 0.1) is 10.7 Å². The van der Waals surface area contributed by atoms with Crippen molar-refractivity contribution in [2.45, 2.75) is 31.3 Å². The third-order valence-electron chi connectivity index (χ3n) is 5.04. The van der Waals surface area contributed by atoms with E-state index in [2.05, 4.69) is 10.6 Å². The first-order valence-corrected chi connectivity index (χ1v) is 14.7. The standard InChI is InChI=1S/C22H32I3N3O11/c1-10(32)28(4-13(35)6-30)20-18(24)15(21(37)26-2-11(33)5-29)17(23)16(19(20)25)22(38)27-3-12(34)8-39-9-14(36)7-31/h11-14,29-31,33-36H,2-9H2,1H3,(H,26,37)(H,27,38). The van der Waals surface area contributed by atoms with Gasteiger partial charge in [-0.25, -0.2) is 0 Å². The van der Waals surface area contributed by atoms with Gasteiger partial charge in [-0.3, -0.25) is 14.4 Å². The maximum Gasteiger partial charge on any atom is 0.253 e. The van der Waals surface area contributed by atoms with E-state index in [-0.39, 0.29) is 60.4 Å². The maximum absolute atomic E-state index is 13.3. The Morgan fingerprint density at radius 2 is 1.18 bits per heavy atom. The van der Waals surface area contributed by atoms with Crippen molar-refractivity contribution in [2.75, 3.05) is 57.6 Å². The molecule has 1 aromatic carbocycles. The molecule has 1 aromatic rings. The number of amides is 3. The maximum atomic E-state index is 13.3. The van der Waals surface area contributed by atoms with Crippen LogP contribution < -0.4 is 15.5 Å². The SMILES string of the molecule is CC(=O)N(CC(O)CO)c1c(I)c(C(=O)NCC(O)CO)c(I)c(C(=O)NCC(O)COCC(O)CO)c1I. The van der Waals surface area contributed by atoms with Crippen LogP contribution in [0.3, 0.4) is 0 Å². The number of aliphatic hydroxyl groups excluding tert-OH is 7. The Labute approximate surface area is 265 Å². The van der Waals surface area contributed by atoms with Crippen LogP contribution in [0.4, 0.5) is 5.69 Å². The Morgan fingerprint density at radius 1 is 0.744 bits per heavy atom. The average Bonchev–Trinajstić information content (AvgIpc) is 2.89. The summed E-state index contributed by atoms with van der Waals surface area (Å²) in [7, 11) is 0. The van der Waals surface area contributed by atoms with Crippen molar-refractivity contribution in [1.82, 2.24) is 10.6 Å². The molecule has 17 heteroatoms. The molecule has 0 heterocycles. The van der Waals surface area contributed by atoms with Crippen LogP contribution >= 0.6 is 67.8 Å². The van der Waals surface area contributed by atoms with Gasteiger partial charge in [0.05, 0.1) is 81.8 Å². The van der Waals surface area contributed by atoms with Gasteiger partial charge in [0.1, 0.15) is 6.10 Å². The van der Waals surface area contributed by atoms with Crippen LogP contribution in [0.5, 0.6) is 0 Å². The first-order chi connectivity index (χ1) is 18.3. The van der Waals surface area contributed by atoms with Crippen molar-refractivity contribution >= 4 is 91.2 Å². The Kier molecular flexibility index (Phi) is 17.0. The lowest BCUT2D eigenvalue weighted by Crippen LogP contribution is -2.41. The first-order valence-electron chi connectivity index (χ1n) is 11.5. The van der Waals surface area contributed by atoms with Crippen molar-refractivity contribution in [3.05, 3.63) is 21.8 Å². The number of anilines is 1. The van der Waals surface area contributed by atoms with Gasteiger partial charge in [0.2, 0.25) is 5.91 Å². The van der Waals surface area contributed by atoms with Crippen LogP contribution in [0.2, 0.25) is 0 Å². The Bertz CT molecular complexity index is 1000. The number of hydrogen-bond donors (Lipinski definition) is 9.